The minimum atomic E-state index is 0.0329. The average Bonchev–Trinajstić information content (AvgIpc) is 3.58. The first-order valence-electron chi connectivity index (χ1n) is 14.2. The van der Waals surface area contributed by atoms with Gasteiger partial charge in [-0.3, -0.25) is 4.79 Å². The quantitative estimate of drug-likeness (QED) is 0.262. The highest BCUT2D eigenvalue weighted by Gasteiger charge is 2.25. The molecule has 4 heterocycles. The Hall–Kier alpha value is -3.57. The Labute approximate surface area is 246 Å². The Balaban J connectivity index is 1.18. The minimum Gasteiger partial charge on any atom is -0.493 e. The number of aromatic nitrogens is 5. The van der Waals surface area contributed by atoms with Crippen molar-refractivity contribution in [2.45, 2.75) is 40.2 Å². The third-order valence-corrected chi connectivity index (χ3v) is 8.09. The van der Waals surface area contributed by atoms with Gasteiger partial charge in [0.2, 0.25) is 0 Å². The van der Waals surface area contributed by atoms with Crippen LogP contribution in [0.4, 0.5) is 5.82 Å². The van der Waals surface area contributed by atoms with E-state index in [2.05, 4.69) is 65.1 Å². The molecular formula is C30H40N8O2S. The number of aryl methyl sites for hydroxylation is 1. The fourth-order valence-corrected chi connectivity index (χ4v) is 6.22. The predicted molar refractivity (Wildman–Crippen MR) is 163 cm³/mol. The van der Waals surface area contributed by atoms with Crippen LogP contribution in [0, 0.1) is 5.41 Å². The van der Waals surface area contributed by atoms with E-state index in [9.17, 15) is 4.79 Å². The van der Waals surface area contributed by atoms with Crippen molar-refractivity contribution in [1.82, 2.24) is 34.5 Å². The maximum absolute atomic E-state index is 13.2. The molecule has 0 atom stereocenters. The van der Waals surface area contributed by atoms with Gasteiger partial charge < -0.3 is 19.4 Å². The Morgan fingerprint density at radius 3 is 2.56 bits per heavy atom. The van der Waals surface area contributed by atoms with Crippen LogP contribution in [0.15, 0.2) is 42.2 Å². The van der Waals surface area contributed by atoms with Gasteiger partial charge in [-0.1, -0.05) is 20.8 Å². The topological polar surface area (TPSA) is 92.5 Å². The van der Waals surface area contributed by atoms with Crippen LogP contribution in [0.2, 0.25) is 0 Å². The van der Waals surface area contributed by atoms with Crippen molar-refractivity contribution >= 4 is 34.1 Å². The maximum Gasteiger partial charge on any atom is 0.253 e. The standard InChI is InChI=1S/C30H40N8O2S/c1-6-7-26-34-23(18-41-26)17-38-28-25(16-33-38)27(31-21-32-28)36-12-14-37(15-13-36)29(39)22-8-10-24(11-9-22)40-20-30(2,3)19-35(4)5/h8-11,16,18,21H,6-7,12-15,17,19-20H2,1-5H3. The number of amides is 1. The van der Waals surface area contributed by atoms with Crippen LogP contribution in [-0.2, 0) is 13.0 Å². The largest absolute Gasteiger partial charge is 0.493 e. The van der Waals surface area contributed by atoms with Crippen LogP contribution in [0.3, 0.4) is 0 Å². The van der Waals surface area contributed by atoms with Crippen LogP contribution < -0.4 is 9.64 Å². The zero-order chi connectivity index (χ0) is 29.0. The van der Waals surface area contributed by atoms with Crippen LogP contribution >= 0.6 is 11.3 Å². The lowest BCUT2D eigenvalue weighted by Gasteiger charge is -2.35. The molecule has 0 N–H and O–H groups in total. The summed E-state index contributed by atoms with van der Waals surface area (Å²) in [4.78, 5) is 33.4. The summed E-state index contributed by atoms with van der Waals surface area (Å²) in [6.45, 7) is 11.3. The molecule has 218 valence electrons. The zero-order valence-corrected chi connectivity index (χ0v) is 25.5. The molecule has 1 aliphatic heterocycles. The molecule has 4 aromatic rings. The summed E-state index contributed by atoms with van der Waals surface area (Å²) >= 11 is 1.70. The molecule has 1 saturated heterocycles. The van der Waals surface area contributed by atoms with E-state index in [0.717, 1.165) is 52.7 Å². The average molecular weight is 577 g/mol. The van der Waals surface area contributed by atoms with Crippen LogP contribution in [0.25, 0.3) is 11.0 Å². The van der Waals surface area contributed by atoms with Crippen molar-refractivity contribution in [1.29, 1.82) is 0 Å². The van der Waals surface area contributed by atoms with E-state index >= 15 is 0 Å². The lowest BCUT2D eigenvalue weighted by molar-refractivity contribution is 0.0746. The Morgan fingerprint density at radius 2 is 1.85 bits per heavy atom. The molecule has 11 heteroatoms. The minimum absolute atomic E-state index is 0.0329. The first-order valence-corrected chi connectivity index (χ1v) is 15.1. The molecule has 0 spiro atoms. The molecule has 0 aliphatic carbocycles. The second-order valence-corrected chi connectivity index (χ2v) is 12.7. The van der Waals surface area contributed by atoms with E-state index in [1.807, 2.05) is 40.0 Å². The lowest BCUT2D eigenvalue weighted by atomic mass is 9.94. The first-order chi connectivity index (χ1) is 19.7. The molecule has 0 radical (unpaired) electrons. The van der Waals surface area contributed by atoms with Crippen molar-refractivity contribution in [3.8, 4) is 5.75 Å². The number of carbonyl (C=O) groups excluding carboxylic acids is 1. The van der Waals surface area contributed by atoms with Crippen molar-refractivity contribution < 1.29 is 9.53 Å². The third-order valence-electron chi connectivity index (χ3n) is 7.13. The highest BCUT2D eigenvalue weighted by molar-refractivity contribution is 7.09. The summed E-state index contributed by atoms with van der Waals surface area (Å²) in [5.74, 6) is 1.68. The van der Waals surface area contributed by atoms with Crippen LogP contribution in [0.1, 0.15) is 48.3 Å². The van der Waals surface area contributed by atoms with Gasteiger partial charge in [-0.15, -0.1) is 11.3 Å². The van der Waals surface area contributed by atoms with Gasteiger partial charge in [0.1, 0.15) is 17.9 Å². The molecule has 10 nitrogen and oxygen atoms in total. The molecule has 1 aromatic carbocycles. The number of carbonyl (C=O) groups is 1. The van der Waals surface area contributed by atoms with Gasteiger partial charge >= 0.3 is 0 Å². The number of hydrogen-bond donors (Lipinski definition) is 0. The zero-order valence-electron chi connectivity index (χ0n) is 24.7. The Bertz CT molecular complexity index is 1450. The lowest BCUT2D eigenvalue weighted by Crippen LogP contribution is -2.49. The molecule has 0 saturated carbocycles. The summed E-state index contributed by atoms with van der Waals surface area (Å²) in [6.07, 6.45) is 5.53. The summed E-state index contributed by atoms with van der Waals surface area (Å²) in [7, 11) is 4.13. The van der Waals surface area contributed by atoms with Crippen LogP contribution in [-0.4, -0.2) is 93.9 Å². The van der Waals surface area contributed by atoms with Crippen molar-refractivity contribution in [2.75, 3.05) is 58.3 Å². The predicted octanol–water partition coefficient (Wildman–Crippen LogP) is 4.21. The van der Waals surface area contributed by atoms with Gasteiger partial charge in [-0.2, -0.15) is 5.10 Å². The van der Waals surface area contributed by atoms with Crippen molar-refractivity contribution in [3.05, 3.63) is 58.4 Å². The van der Waals surface area contributed by atoms with Crippen molar-refractivity contribution in [2.24, 2.45) is 5.41 Å². The molecule has 41 heavy (non-hydrogen) atoms. The number of ether oxygens (including phenoxy) is 1. The van der Waals surface area contributed by atoms with Gasteiger partial charge in [-0.05, 0) is 51.2 Å². The van der Waals surface area contributed by atoms with E-state index in [4.69, 9.17) is 9.72 Å². The van der Waals surface area contributed by atoms with Crippen molar-refractivity contribution in [3.63, 3.8) is 0 Å². The number of thiazole rings is 1. The Kier molecular flexibility index (Phi) is 8.84. The molecule has 3 aromatic heterocycles. The summed E-state index contributed by atoms with van der Waals surface area (Å²) in [6, 6.07) is 7.50. The third kappa shape index (κ3) is 7.02. The highest BCUT2D eigenvalue weighted by Crippen LogP contribution is 2.25. The number of anilines is 1. The molecule has 1 aliphatic rings. The summed E-state index contributed by atoms with van der Waals surface area (Å²) in [5.41, 5.74) is 2.51. The monoisotopic (exact) mass is 576 g/mol. The van der Waals surface area contributed by atoms with Crippen LogP contribution in [0.5, 0.6) is 5.75 Å². The number of hydrogen-bond acceptors (Lipinski definition) is 9. The molecule has 5 rings (SSSR count). The van der Waals surface area contributed by atoms with E-state index < -0.39 is 0 Å². The van der Waals surface area contributed by atoms with E-state index in [1.54, 1.807) is 17.7 Å². The maximum atomic E-state index is 13.2. The highest BCUT2D eigenvalue weighted by atomic mass is 32.1. The van der Waals surface area contributed by atoms with E-state index in [-0.39, 0.29) is 11.3 Å². The van der Waals surface area contributed by atoms with E-state index in [0.29, 0.717) is 44.9 Å². The summed E-state index contributed by atoms with van der Waals surface area (Å²) in [5, 5.41) is 8.78. The smallest absolute Gasteiger partial charge is 0.253 e. The number of piperazine rings is 1. The number of benzene rings is 1. The summed E-state index contributed by atoms with van der Waals surface area (Å²) < 4.78 is 7.91. The van der Waals surface area contributed by atoms with Gasteiger partial charge in [0, 0.05) is 49.1 Å². The fourth-order valence-electron chi connectivity index (χ4n) is 5.33. The van der Waals surface area contributed by atoms with Gasteiger partial charge in [-0.25, -0.2) is 19.6 Å². The molecule has 0 unspecified atom stereocenters. The number of rotatable bonds is 11. The Morgan fingerprint density at radius 1 is 1.10 bits per heavy atom. The number of nitrogens with zero attached hydrogens (tertiary/aromatic N) is 8. The second kappa shape index (κ2) is 12.5. The number of fused-ring (bicyclic) bond motifs is 1. The van der Waals surface area contributed by atoms with E-state index in [1.165, 1.54) is 0 Å². The normalized spacial score (nSPS) is 14.3. The molecule has 1 amide bonds. The molecular weight excluding hydrogens is 536 g/mol. The molecule has 1 fully saturated rings. The SMILES string of the molecule is CCCc1nc(Cn2ncc3c(N4CCN(C(=O)c5ccc(OCC(C)(C)CN(C)C)cc5)CC4)ncnc32)cs1. The molecule has 0 bridgehead atoms. The van der Waals surface area contributed by atoms with Gasteiger partial charge in [0.25, 0.3) is 5.91 Å². The second-order valence-electron chi connectivity index (χ2n) is 11.7. The van der Waals surface area contributed by atoms with Gasteiger partial charge in [0.05, 0.1) is 35.4 Å². The first kappa shape index (κ1) is 28.9. The fraction of sp³-hybridized carbons (Fsp3) is 0.500. The van der Waals surface area contributed by atoms with Gasteiger partial charge in [0.15, 0.2) is 5.65 Å².